The summed E-state index contributed by atoms with van der Waals surface area (Å²) >= 11 is 12.6. The highest BCUT2D eigenvalue weighted by Crippen LogP contribution is 2.47. The number of halogens is 2. The van der Waals surface area contributed by atoms with Crippen LogP contribution in [0.4, 0.5) is 11.4 Å². The van der Waals surface area contributed by atoms with E-state index in [0.29, 0.717) is 43.9 Å². The number of carboxylic acids is 1. The maximum atomic E-state index is 13.5. The van der Waals surface area contributed by atoms with Crippen molar-refractivity contribution in [2.45, 2.75) is 0 Å². The Labute approximate surface area is 182 Å². The molecule has 1 aliphatic heterocycles. The summed E-state index contributed by atoms with van der Waals surface area (Å²) in [5.74, 6) is -0.807. The lowest BCUT2D eigenvalue weighted by atomic mass is 10.0. The molecule has 0 saturated carbocycles. The van der Waals surface area contributed by atoms with Gasteiger partial charge in [-0.1, -0.05) is 35.3 Å². The van der Waals surface area contributed by atoms with E-state index in [-0.39, 0.29) is 11.5 Å². The summed E-state index contributed by atoms with van der Waals surface area (Å²) in [5.41, 5.74) is 2.81. The van der Waals surface area contributed by atoms with Crippen molar-refractivity contribution in [1.29, 1.82) is 0 Å². The van der Waals surface area contributed by atoms with Crippen molar-refractivity contribution < 1.29 is 19.4 Å². The SMILES string of the molecule is COc1cccc2c1C(=Cc1c(Cl)cccc1Cl)C(=O)N2c1ccc(C(=O)O)cc1. The van der Waals surface area contributed by atoms with E-state index in [0.717, 1.165) is 0 Å². The highest BCUT2D eigenvalue weighted by Gasteiger charge is 2.36. The molecule has 30 heavy (non-hydrogen) atoms. The van der Waals surface area contributed by atoms with Crippen LogP contribution in [0.25, 0.3) is 11.6 Å². The molecular formula is C23H15Cl2NO4. The van der Waals surface area contributed by atoms with Crippen LogP contribution in [0.5, 0.6) is 5.75 Å². The van der Waals surface area contributed by atoms with Crippen molar-refractivity contribution in [3.8, 4) is 5.75 Å². The number of rotatable bonds is 4. The number of methoxy groups -OCH3 is 1. The van der Waals surface area contributed by atoms with Crippen LogP contribution in [0.2, 0.25) is 10.0 Å². The predicted molar refractivity (Wildman–Crippen MR) is 118 cm³/mol. The number of ether oxygens (including phenoxy) is 1. The number of hydrogen-bond acceptors (Lipinski definition) is 3. The van der Waals surface area contributed by atoms with Crippen LogP contribution in [0.15, 0.2) is 60.7 Å². The van der Waals surface area contributed by atoms with Crippen molar-refractivity contribution in [2.24, 2.45) is 0 Å². The Morgan fingerprint density at radius 3 is 2.23 bits per heavy atom. The molecule has 0 spiro atoms. The summed E-state index contributed by atoms with van der Waals surface area (Å²) < 4.78 is 5.51. The Balaban J connectivity index is 1.92. The third-order valence-corrected chi connectivity index (χ3v) is 5.49. The number of nitrogens with zero attached hydrogens (tertiary/aromatic N) is 1. The van der Waals surface area contributed by atoms with Gasteiger partial charge in [0.2, 0.25) is 0 Å². The summed E-state index contributed by atoms with van der Waals surface area (Å²) in [6, 6.07) is 16.6. The first-order valence-electron chi connectivity index (χ1n) is 8.93. The average molecular weight is 440 g/mol. The van der Waals surface area contributed by atoms with Crippen molar-refractivity contribution in [3.63, 3.8) is 0 Å². The number of hydrogen-bond donors (Lipinski definition) is 1. The van der Waals surface area contributed by atoms with Gasteiger partial charge < -0.3 is 9.84 Å². The van der Waals surface area contributed by atoms with Gasteiger partial charge >= 0.3 is 5.97 Å². The fraction of sp³-hybridized carbons (Fsp3) is 0.0435. The summed E-state index contributed by atoms with van der Waals surface area (Å²) in [7, 11) is 1.53. The van der Waals surface area contributed by atoms with E-state index >= 15 is 0 Å². The molecule has 0 unspecified atom stereocenters. The topological polar surface area (TPSA) is 66.8 Å². The Morgan fingerprint density at radius 1 is 1.00 bits per heavy atom. The van der Waals surface area contributed by atoms with Gasteiger partial charge in [0.05, 0.1) is 29.5 Å². The predicted octanol–water partition coefficient (Wildman–Crippen LogP) is 5.92. The molecule has 0 aliphatic carbocycles. The molecule has 0 radical (unpaired) electrons. The van der Waals surface area contributed by atoms with Crippen LogP contribution in [0.3, 0.4) is 0 Å². The van der Waals surface area contributed by atoms with Crippen LogP contribution >= 0.6 is 23.2 Å². The van der Waals surface area contributed by atoms with Gasteiger partial charge in [0.25, 0.3) is 5.91 Å². The molecule has 0 bridgehead atoms. The van der Waals surface area contributed by atoms with E-state index < -0.39 is 5.97 Å². The zero-order valence-electron chi connectivity index (χ0n) is 15.7. The standard InChI is InChI=1S/C23H15Cl2NO4/c1-30-20-7-3-6-19-21(20)16(12-15-17(24)4-2-5-18(15)25)22(27)26(19)14-10-8-13(9-11-14)23(28)29/h2-12H,1H3,(H,28,29). The fourth-order valence-electron chi connectivity index (χ4n) is 3.42. The van der Waals surface area contributed by atoms with Crippen LogP contribution in [0.1, 0.15) is 21.5 Å². The molecule has 5 nitrogen and oxygen atoms in total. The number of carboxylic acid groups (broad SMARTS) is 1. The smallest absolute Gasteiger partial charge is 0.335 e. The quantitative estimate of drug-likeness (QED) is 0.512. The Kier molecular flexibility index (Phi) is 5.24. The highest BCUT2D eigenvalue weighted by molar-refractivity contribution is 6.42. The molecule has 0 atom stereocenters. The minimum Gasteiger partial charge on any atom is -0.496 e. The van der Waals surface area contributed by atoms with Gasteiger partial charge in [-0.2, -0.15) is 0 Å². The number of carbonyl (C=O) groups is 2. The van der Waals surface area contributed by atoms with E-state index in [9.17, 15) is 9.59 Å². The molecule has 150 valence electrons. The zero-order valence-corrected chi connectivity index (χ0v) is 17.2. The van der Waals surface area contributed by atoms with Crippen LogP contribution < -0.4 is 9.64 Å². The van der Waals surface area contributed by atoms with Crippen molar-refractivity contribution in [3.05, 3.63) is 87.4 Å². The molecule has 1 N–H and O–H groups in total. The molecule has 0 aromatic heterocycles. The van der Waals surface area contributed by atoms with Crippen molar-refractivity contribution in [1.82, 2.24) is 0 Å². The average Bonchev–Trinajstić information content (AvgIpc) is 3.02. The van der Waals surface area contributed by atoms with Crippen molar-refractivity contribution >= 4 is 58.1 Å². The Morgan fingerprint density at radius 2 is 1.63 bits per heavy atom. The first kappa shape index (κ1) is 20.0. The van der Waals surface area contributed by atoms with Gasteiger partial charge in [-0.3, -0.25) is 9.69 Å². The summed E-state index contributed by atoms with van der Waals surface area (Å²) in [5, 5.41) is 9.99. The normalized spacial score (nSPS) is 14.2. The van der Waals surface area contributed by atoms with Gasteiger partial charge in [0.1, 0.15) is 5.75 Å². The van der Waals surface area contributed by atoms with Crippen LogP contribution in [-0.4, -0.2) is 24.1 Å². The van der Waals surface area contributed by atoms with Gasteiger partial charge in [0.15, 0.2) is 0 Å². The minimum absolute atomic E-state index is 0.134. The van der Waals surface area contributed by atoms with Gasteiger partial charge in [0, 0.05) is 21.3 Å². The largest absolute Gasteiger partial charge is 0.496 e. The molecule has 0 fully saturated rings. The molecule has 3 aromatic carbocycles. The zero-order chi connectivity index (χ0) is 21.4. The van der Waals surface area contributed by atoms with E-state index in [4.69, 9.17) is 33.0 Å². The van der Waals surface area contributed by atoms with Gasteiger partial charge in [-0.15, -0.1) is 0 Å². The van der Waals surface area contributed by atoms with E-state index in [1.807, 2.05) is 0 Å². The maximum absolute atomic E-state index is 13.5. The molecule has 0 saturated heterocycles. The Bertz CT molecular complexity index is 1180. The summed E-state index contributed by atoms with van der Waals surface area (Å²) in [4.78, 5) is 26.2. The molecule has 7 heteroatoms. The molecular weight excluding hydrogens is 425 g/mol. The number of fused-ring (bicyclic) bond motifs is 1. The first-order valence-corrected chi connectivity index (χ1v) is 9.69. The lowest BCUT2D eigenvalue weighted by Crippen LogP contribution is -2.20. The highest BCUT2D eigenvalue weighted by atomic mass is 35.5. The monoisotopic (exact) mass is 439 g/mol. The number of aromatic carboxylic acids is 1. The second-order valence-electron chi connectivity index (χ2n) is 6.54. The second kappa shape index (κ2) is 7.86. The number of benzene rings is 3. The Hall–Kier alpha value is -3.28. The van der Waals surface area contributed by atoms with Gasteiger partial charge in [-0.25, -0.2) is 4.79 Å². The summed E-state index contributed by atoms with van der Waals surface area (Å²) in [6.07, 6.45) is 1.65. The third kappa shape index (κ3) is 3.32. The minimum atomic E-state index is -1.04. The number of anilines is 2. The first-order chi connectivity index (χ1) is 14.4. The number of amides is 1. The maximum Gasteiger partial charge on any atom is 0.335 e. The van der Waals surface area contributed by atoms with Crippen LogP contribution in [0, 0.1) is 0 Å². The molecule has 1 aliphatic rings. The fourth-order valence-corrected chi connectivity index (χ4v) is 3.93. The number of carbonyl (C=O) groups excluding carboxylic acids is 1. The van der Waals surface area contributed by atoms with E-state index in [1.54, 1.807) is 54.6 Å². The van der Waals surface area contributed by atoms with Gasteiger partial charge in [-0.05, 0) is 54.6 Å². The molecule has 1 heterocycles. The van der Waals surface area contributed by atoms with Crippen LogP contribution in [-0.2, 0) is 4.79 Å². The lowest BCUT2D eigenvalue weighted by molar-refractivity contribution is -0.112. The summed E-state index contributed by atoms with van der Waals surface area (Å²) in [6.45, 7) is 0. The van der Waals surface area contributed by atoms with E-state index in [1.165, 1.54) is 24.1 Å². The lowest BCUT2D eigenvalue weighted by Gasteiger charge is -2.17. The second-order valence-corrected chi connectivity index (χ2v) is 7.35. The molecule has 4 rings (SSSR count). The van der Waals surface area contributed by atoms with Crippen molar-refractivity contribution in [2.75, 3.05) is 12.0 Å². The van der Waals surface area contributed by atoms with E-state index in [2.05, 4.69) is 0 Å². The third-order valence-electron chi connectivity index (χ3n) is 4.83. The molecule has 1 amide bonds. The molecule has 3 aromatic rings.